The third-order valence-electron chi connectivity index (χ3n) is 3.44. The summed E-state index contributed by atoms with van der Waals surface area (Å²) in [5, 5.41) is 4.58. The highest BCUT2D eigenvalue weighted by atomic mass is 35.5. The summed E-state index contributed by atoms with van der Waals surface area (Å²) in [4.78, 5) is 12.4. The minimum atomic E-state index is -0.515. The molecule has 0 saturated carbocycles. The van der Waals surface area contributed by atoms with Crippen LogP contribution in [0.15, 0.2) is 54.6 Å². The first-order valence-corrected chi connectivity index (χ1v) is 7.53. The van der Waals surface area contributed by atoms with Crippen molar-refractivity contribution in [1.82, 2.24) is 9.78 Å². The van der Waals surface area contributed by atoms with E-state index in [0.29, 0.717) is 11.4 Å². The van der Waals surface area contributed by atoms with Crippen LogP contribution in [0.1, 0.15) is 21.6 Å². The Morgan fingerprint density at radius 1 is 1.04 bits per heavy atom. The number of para-hydroxylation sites is 1. The first-order chi connectivity index (χ1) is 11.1. The largest absolute Gasteiger partial charge is 0.423 e. The molecular weight excluding hydrogens is 312 g/mol. The van der Waals surface area contributed by atoms with Crippen LogP contribution in [0.3, 0.4) is 0 Å². The molecule has 2 aromatic carbocycles. The van der Waals surface area contributed by atoms with E-state index in [4.69, 9.17) is 16.3 Å². The number of hydrogen-bond donors (Lipinski definition) is 0. The predicted molar refractivity (Wildman–Crippen MR) is 89.4 cm³/mol. The highest BCUT2D eigenvalue weighted by Crippen LogP contribution is 2.25. The summed E-state index contributed by atoms with van der Waals surface area (Å²) in [6.45, 7) is 3.70. The summed E-state index contributed by atoms with van der Waals surface area (Å²) in [6, 6.07) is 16.7. The monoisotopic (exact) mass is 326 g/mol. The molecule has 0 bridgehead atoms. The normalized spacial score (nSPS) is 10.6. The van der Waals surface area contributed by atoms with Crippen LogP contribution in [0.4, 0.5) is 0 Å². The van der Waals surface area contributed by atoms with Gasteiger partial charge in [-0.2, -0.15) is 5.10 Å². The van der Waals surface area contributed by atoms with E-state index in [9.17, 15) is 4.79 Å². The van der Waals surface area contributed by atoms with Crippen molar-refractivity contribution < 1.29 is 9.53 Å². The SMILES string of the molecule is Cc1ccc(OC(=O)c2c(C)nn(-c3ccccc3)c2Cl)cc1. The molecule has 0 aliphatic rings. The quantitative estimate of drug-likeness (QED) is 0.530. The molecule has 0 fully saturated rings. The van der Waals surface area contributed by atoms with Gasteiger partial charge in [-0.15, -0.1) is 0 Å². The van der Waals surface area contributed by atoms with E-state index in [2.05, 4.69) is 5.10 Å². The first kappa shape index (κ1) is 15.3. The molecule has 0 aliphatic carbocycles. The number of carbonyl (C=O) groups excluding carboxylic acids is 1. The van der Waals surface area contributed by atoms with Gasteiger partial charge in [0.25, 0.3) is 0 Å². The number of halogens is 1. The molecule has 5 heteroatoms. The Balaban J connectivity index is 1.92. The van der Waals surface area contributed by atoms with Crippen LogP contribution in [-0.2, 0) is 0 Å². The Morgan fingerprint density at radius 2 is 1.70 bits per heavy atom. The van der Waals surface area contributed by atoms with Gasteiger partial charge in [-0.05, 0) is 38.1 Å². The van der Waals surface area contributed by atoms with E-state index in [1.807, 2.05) is 49.4 Å². The molecule has 0 aliphatic heterocycles. The summed E-state index contributed by atoms with van der Waals surface area (Å²) in [6.07, 6.45) is 0. The summed E-state index contributed by atoms with van der Waals surface area (Å²) in [5.41, 5.74) is 2.68. The zero-order chi connectivity index (χ0) is 16.4. The van der Waals surface area contributed by atoms with Crippen molar-refractivity contribution in [2.45, 2.75) is 13.8 Å². The lowest BCUT2D eigenvalue weighted by atomic mass is 10.2. The van der Waals surface area contributed by atoms with Crippen LogP contribution >= 0.6 is 11.6 Å². The summed E-state index contributed by atoms with van der Waals surface area (Å²) < 4.78 is 6.92. The number of aromatic nitrogens is 2. The molecule has 4 nitrogen and oxygen atoms in total. The molecule has 0 radical (unpaired) electrons. The van der Waals surface area contributed by atoms with Crippen LogP contribution in [0.5, 0.6) is 5.75 Å². The van der Waals surface area contributed by atoms with Crippen molar-refractivity contribution in [2.24, 2.45) is 0 Å². The van der Waals surface area contributed by atoms with Gasteiger partial charge < -0.3 is 4.74 Å². The second-order valence-corrected chi connectivity index (χ2v) is 5.56. The van der Waals surface area contributed by atoms with Crippen molar-refractivity contribution in [3.05, 3.63) is 76.6 Å². The zero-order valence-electron chi connectivity index (χ0n) is 12.8. The average molecular weight is 327 g/mol. The molecule has 23 heavy (non-hydrogen) atoms. The second-order valence-electron chi connectivity index (χ2n) is 5.20. The number of nitrogens with zero attached hydrogens (tertiary/aromatic N) is 2. The lowest BCUT2D eigenvalue weighted by Gasteiger charge is -2.05. The van der Waals surface area contributed by atoms with Gasteiger partial charge in [0.1, 0.15) is 16.5 Å². The van der Waals surface area contributed by atoms with Crippen molar-refractivity contribution in [2.75, 3.05) is 0 Å². The highest BCUT2D eigenvalue weighted by Gasteiger charge is 2.22. The Morgan fingerprint density at radius 3 is 2.35 bits per heavy atom. The molecule has 116 valence electrons. The molecule has 3 rings (SSSR count). The molecule has 1 heterocycles. The molecule has 0 unspecified atom stereocenters. The summed E-state index contributed by atoms with van der Waals surface area (Å²) >= 11 is 6.35. The minimum absolute atomic E-state index is 0.241. The Kier molecular flexibility index (Phi) is 4.17. The molecule has 0 spiro atoms. The molecule has 1 aromatic heterocycles. The third-order valence-corrected chi connectivity index (χ3v) is 3.79. The maximum Gasteiger partial charge on any atom is 0.348 e. The molecule has 0 atom stereocenters. The number of ether oxygens (including phenoxy) is 1. The first-order valence-electron chi connectivity index (χ1n) is 7.15. The summed E-state index contributed by atoms with van der Waals surface area (Å²) in [7, 11) is 0. The number of hydrogen-bond acceptors (Lipinski definition) is 3. The fraction of sp³-hybridized carbons (Fsp3) is 0.111. The van der Waals surface area contributed by atoms with Crippen molar-refractivity contribution in [3.63, 3.8) is 0 Å². The van der Waals surface area contributed by atoms with Gasteiger partial charge in [0.2, 0.25) is 0 Å². The zero-order valence-corrected chi connectivity index (χ0v) is 13.5. The van der Waals surface area contributed by atoms with E-state index in [1.165, 1.54) is 4.68 Å². The minimum Gasteiger partial charge on any atom is -0.423 e. The van der Waals surface area contributed by atoms with Crippen molar-refractivity contribution in [3.8, 4) is 11.4 Å². The number of benzene rings is 2. The van der Waals surface area contributed by atoms with Crippen LogP contribution < -0.4 is 4.74 Å². The topological polar surface area (TPSA) is 44.1 Å². The van der Waals surface area contributed by atoms with Gasteiger partial charge >= 0.3 is 5.97 Å². The Hall–Kier alpha value is -2.59. The maximum absolute atomic E-state index is 12.4. The highest BCUT2D eigenvalue weighted by molar-refractivity contribution is 6.33. The van der Waals surface area contributed by atoms with E-state index in [-0.39, 0.29) is 10.7 Å². The van der Waals surface area contributed by atoms with Gasteiger partial charge in [0, 0.05) is 0 Å². The number of carbonyl (C=O) groups is 1. The standard InChI is InChI=1S/C18H15ClN2O2/c1-12-8-10-15(11-9-12)23-18(22)16-13(2)20-21(17(16)19)14-6-4-3-5-7-14/h3-11H,1-2H3. The van der Waals surface area contributed by atoms with Gasteiger partial charge in [-0.25, -0.2) is 9.48 Å². The van der Waals surface area contributed by atoms with Crippen LogP contribution in [0.2, 0.25) is 5.15 Å². The van der Waals surface area contributed by atoms with E-state index in [1.54, 1.807) is 19.1 Å². The van der Waals surface area contributed by atoms with E-state index in [0.717, 1.165) is 11.3 Å². The molecule has 0 amide bonds. The lowest BCUT2D eigenvalue weighted by molar-refractivity contribution is 0.0734. The third kappa shape index (κ3) is 3.12. The maximum atomic E-state index is 12.4. The van der Waals surface area contributed by atoms with Crippen molar-refractivity contribution in [1.29, 1.82) is 0 Å². The fourth-order valence-corrected chi connectivity index (χ4v) is 2.58. The summed E-state index contributed by atoms with van der Waals surface area (Å²) in [5.74, 6) is -0.0398. The van der Waals surface area contributed by atoms with Gasteiger partial charge in [0.15, 0.2) is 0 Å². The van der Waals surface area contributed by atoms with Gasteiger partial charge in [-0.3, -0.25) is 0 Å². The van der Waals surface area contributed by atoms with Gasteiger partial charge in [-0.1, -0.05) is 47.5 Å². The van der Waals surface area contributed by atoms with Gasteiger partial charge in [0.05, 0.1) is 11.4 Å². The van der Waals surface area contributed by atoms with Crippen LogP contribution in [0.25, 0.3) is 5.69 Å². The smallest absolute Gasteiger partial charge is 0.348 e. The second kappa shape index (κ2) is 6.26. The number of aryl methyl sites for hydroxylation is 2. The molecular formula is C18H15ClN2O2. The predicted octanol–water partition coefficient (Wildman–Crippen LogP) is 4.36. The van der Waals surface area contributed by atoms with E-state index < -0.39 is 5.97 Å². The van der Waals surface area contributed by atoms with Crippen molar-refractivity contribution >= 4 is 17.6 Å². The van der Waals surface area contributed by atoms with Crippen LogP contribution in [-0.4, -0.2) is 15.7 Å². The average Bonchev–Trinajstić information content (AvgIpc) is 2.85. The lowest BCUT2D eigenvalue weighted by Crippen LogP contribution is -2.10. The fourth-order valence-electron chi connectivity index (χ4n) is 2.24. The Labute approximate surface area is 139 Å². The molecule has 0 N–H and O–H groups in total. The number of esters is 1. The van der Waals surface area contributed by atoms with Crippen LogP contribution in [0, 0.1) is 13.8 Å². The Bertz CT molecular complexity index is 839. The molecule has 3 aromatic rings. The van der Waals surface area contributed by atoms with E-state index >= 15 is 0 Å². The number of rotatable bonds is 3. The molecule has 0 saturated heterocycles.